The first-order chi connectivity index (χ1) is 9.10. The van der Waals surface area contributed by atoms with Crippen LogP contribution in [0.5, 0.6) is 0 Å². The molecule has 0 amide bonds. The first-order valence-electron chi connectivity index (χ1n) is 7.15. The van der Waals surface area contributed by atoms with E-state index in [-0.39, 0.29) is 0 Å². The van der Waals surface area contributed by atoms with E-state index in [1.165, 1.54) is 6.42 Å². The molecule has 1 aromatic rings. The Kier molecular flexibility index (Phi) is 4.93. The zero-order valence-electron chi connectivity index (χ0n) is 11.9. The van der Waals surface area contributed by atoms with Gasteiger partial charge >= 0.3 is 0 Å². The van der Waals surface area contributed by atoms with Crippen LogP contribution in [-0.4, -0.2) is 32.8 Å². The number of hydrogen-bond acceptors (Lipinski definition) is 3. The van der Waals surface area contributed by atoms with E-state index in [2.05, 4.69) is 40.8 Å². The zero-order chi connectivity index (χ0) is 13.8. The van der Waals surface area contributed by atoms with Gasteiger partial charge in [0.25, 0.3) is 0 Å². The number of nitrogens with two attached hydrogens (primary N) is 1. The molecule has 2 N–H and O–H groups in total. The van der Waals surface area contributed by atoms with Crippen LogP contribution in [0.3, 0.4) is 0 Å². The van der Waals surface area contributed by atoms with Crippen LogP contribution >= 0.6 is 12.2 Å². The van der Waals surface area contributed by atoms with E-state index in [0.29, 0.717) is 16.9 Å². The molecule has 0 aliphatic carbocycles. The average Bonchev–Trinajstić information content (AvgIpc) is 2.86. The summed E-state index contributed by atoms with van der Waals surface area (Å²) in [5, 5.41) is 4.66. The molecular formula is C14H24N4S. The average molecular weight is 280 g/mol. The molecule has 1 aromatic heterocycles. The summed E-state index contributed by atoms with van der Waals surface area (Å²) in [4.78, 5) is 3.08. The number of rotatable bonds is 5. The van der Waals surface area contributed by atoms with Gasteiger partial charge in [-0.1, -0.05) is 19.1 Å². The predicted molar refractivity (Wildman–Crippen MR) is 82.0 cm³/mol. The summed E-state index contributed by atoms with van der Waals surface area (Å²) in [5.41, 5.74) is 6.91. The predicted octanol–water partition coefficient (Wildman–Crippen LogP) is 2.35. The topological polar surface area (TPSA) is 47.1 Å². The van der Waals surface area contributed by atoms with E-state index in [0.717, 1.165) is 38.2 Å². The Balaban J connectivity index is 1.93. The van der Waals surface area contributed by atoms with Crippen LogP contribution in [0, 0.1) is 5.92 Å². The van der Waals surface area contributed by atoms with Crippen molar-refractivity contribution < 1.29 is 0 Å². The van der Waals surface area contributed by atoms with E-state index in [1.54, 1.807) is 0 Å². The first-order valence-corrected chi connectivity index (χ1v) is 7.56. The number of aromatic nitrogens is 2. The third kappa shape index (κ3) is 3.76. The third-order valence-corrected chi connectivity index (χ3v) is 4.33. The molecule has 2 rings (SSSR count). The van der Waals surface area contributed by atoms with Gasteiger partial charge in [0.1, 0.15) is 0 Å². The van der Waals surface area contributed by atoms with Crippen LogP contribution in [0.25, 0.3) is 0 Å². The summed E-state index contributed by atoms with van der Waals surface area (Å²) in [7, 11) is 0. The van der Waals surface area contributed by atoms with Gasteiger partial charge in [-0.25, -0.2) is 0 Å². The maximum atomic E-state index is 5.77. The highest BCUT2D eigenvalue weighted by Gasteiger charge is 2.22. The Hall–Kier alpha value is -0.940. The van der Waals surface area contributed by atoms with Gasteiger partial charge in [-0.05, 0) is 38.8 Å². The van der Waals surface area contributed by atoms with Gasteiger partial charge in [-0.2, -0.15) is 5.10 Å². The van der Waals surface area contributed by atoms with Crippen LogP contribution in [0.4, 0.5) is 0 Å². The monoisotopic (exact) mass is 280 g/mol. The molecule has 0 saturated carbocycles. The van der Waals surface area contributed by atoms with E-state index >= 15 is 0 Å². The van der Waals surface area contributed by atoms with Crippen molar-refractivity contribution in [2.24, 2.45) is 11.7 Å². The van der Waals surface area contributed by atoms with Gasteiger partial charge < -0.3 is 5.73 Å². The van der Waals surface area contributed by atoms with Crippen molar-refractivity contribution in [3.63, 3.8) is 0 Å². The van der Waals surface area contributed by atoms with Crippen molar-refractivity contribution in [1.82, 2.24) is 14.7 Å². The maximum Gasteiger partial charge on any atom is 0.0771 e. The van der Waals surface area contributed by atoms with Crippen LogP contribution < -0.4 is 5.73 Å². The fourth-order valence-electron chi connectivity index (χ4n) is 2.55. The molecule has 2 heterocycles. The fraction of sp³-hybridized carbons (Fsp3) is 0.714. The Morgan fingerprint density at radius 3 is 3.11 bits per heavy atom. The summed E-state index contributed by atoms with van der Waals surface area (Å²) in [6.45, 7) is 7.38. The lowest BCUT2D eigenvalue weighted by atomic mass is 9.98. The molecule has 1 saturated heterocycles. The van der Waals surface area contributed by atoms with Crippen molar-refractivity contribution in [3.05, 3.63) is 18.0 Å². The second kappa shape index (κ2) is 6.48. The molecule has 4 nitrogen and oxygen atoms in total. The zero-order valence-corrected chi connectivity index (χ0v) is 12.7. The van der Waals surface area contributed by atoms with Gasteiger partial charge in [-0.15, -0.1) is 0 Å². The standard InChI is InChI=1S/C14H24N4S/c1-3-11(2)18-8-6-13(16-18)10-17-7-4-5-12(9-17)14(15)19/h6,8,11-12H,3-5,7,9-10H2,1-2H3,(H2,15,19). The van der Waals surface area contributed by atoms with Crippen molar-refractivity contribution in [3.8, 4) is 0 Å². The maximum absolute atomic E-state index is 5.77. The molecule has 0 aromatic carbocycles. The molecule has 1 fully saturated rings. The number of hydrogen-bond donors (Lipinski definition) is 1. The highest BCUT2D eigenvalue weighted by atomic mass is 32.1. The lowest BCUT2D eigenvalue weighted by molar-refractivity contribution is 0.194. The smallest absolute Gasteiger partial charge is 0.0771 e. The molecule has 5 heteroatoms. The minimum atomic E-state index is 0.375. The fourth-order valence-corrected chi connectivity index (χ4v) is 2.75. The molecule has 19 heavy (non-hydrogen) atoms. The van der Waals surface area contributed by atoms with Gasteiger partial charge in [0, 0.05) is 31.2 Å². The van der Waals surface area contributed by atoms with Gasteiger partial charge in [0.2, 0.25) is 0 Å². The SMILES string of the molecule is CCC(C)n1ccc(CN2CCCC(C(N)=S)C2)n1. The van der Waals surface area contributed by atoms with Gasteiger partial charge in [0.15, 0.2) is 0 Å². The quantitative estimate of drug-likeness (QED) is 0.841. The van der Waals surface area contributed by atoms with Crippen LogP contribution in [-0.2, 0) is 6.54 Å². The van der Waals surface area contributed by atoms with Crippen molar-refractivity contribution in [2.45, 2.75) is 45.7 Å². The largest absolute Gasteiger partial charge is 0.393 e. The third-order valence-electron chi connectivity index (χ3n) is 4.00. The summed E-state index contributed by atoms with van der Waals surface area (Å²) in [6.07, 6.45) is 5.49. The number of nitrogens with zero attached hydrogens (tertiary/aromatic N) is 3. The summed E-state index contributed by atoms with van der Waals surface area (Å²) >= 11 is 5.12. The Labute approximate surface area is 121 Å². The number of thiocarbonyl (C=S) groups is 1. The molecule has 1 aliphatic rings. The van der Waals surface area contributed by atoms with Crippen LogP contribution in [0.1, 0.15) is 44.8 Å². The second-order valence-corrected chi connectivity index (χ2v) is 5.99. The molecule has 0 spiro atoms. The highest BCUT2D eigenvalue weighted by Crippen LogP contribution is 2.19. The minimum Gasteiger partial charge on any atom is -0.393 e. The molecular weight excluding hydrogens is 256 g/mol. The Morgan fingerprint density at radius 2 is 2.42 bits per heavy atom. The first kappa shape index (κ1) is 14.5. The summed E-state index contributed by atoms with van der Waals surface area (Å²) in [6, 6.07) is 2.59. The van der Waals surface area contributed by atoms with Crippen molar-refractivity contribution >= 4 is 17.2 Å². The van der Waals surface area contributed by atoms with Crippen molar-refractivity contribution in [2.75, 3.05) is 13.1 Å². The molecule has 106 valence electrons. The molecule has 2 unspecified atom stereocenters. The van der Waals surface area contributed by atoms with Crippen LogP contribution in [0.15, 0.2) is 12.3 Å². The summed E-state index contributed by atoms with van der Waals surface area (Å²) in [5.74, 6) is 0.375. The lowest BCUT2D eigenvalue weighted by Crippen LogP contribution is -2.40. The van der Waals surface area contributed by atoms with E-state index in [4.69, 9.17) is 18.0 Å². The lowest BCUT2D eigenvalue weighted by Gasteiger charge is -2.31. The Morgan fingerprint density at radius 1 is 1.63 bits per heavy atom. The van der Waals surface area contributed by atoms with Crippen LogP contribution in [0.2, 0.25) is 0 Å². The highest BCUT2D eigenvalue weighted by molar-refractivity contribution is 7.80. The number of piperidine rings is 1. The van der Waals surface area contributed by atoms with E-state index in [9.17, 15) is 0 Å². The molecule has 1 aliphatic heterocycles. The van der Waals surface area contributed by atoms with Gasteiger partial charge in [0.05, 0.1) is 10.7 Å². The molecule has 2 atom stereocenters. The van der Waals surface area contributed by atoms with E-state index < -0.39 is 0 Å². The normalized spacial score (nSPS) is 22.3. The van der Waals surface area contributed by atoms with Crippen molar-refractivity contribution in [1.29, 1.82) is 0 Å². The molecule has 0 bridgehead atoms. The van der Waals surface area contributed by atoms with E-state index in [1.807, 2.05) is 0 Å². The Bertz CT molecular complexity index is 429. The minimum absolute atomic E-state index is 0.375. The molecule has 0 radical (unpaired) electrons. The number of likely N-dealkylation sites (tertiary alicyclic amines) is 1. The van der Waals surface area contributed by atoms with Gasteiger partial charge in [-0.3, -0.25) is 9.58 Å². The second-order valence-electron chi connectivity index (χ2n) is 5.52. The summed E-state index contributed by atoms with van der Waals surface area (Å²) < 4.78 is 2.06.